The average Bonchev–Trinajstić information content (AvgIpc) is 3.21. The van der Waals surface area contributed by atoms with Crippen LogP contribution in [0.4, 0.5) is 5.69 Å². The van der Waals surface area contributed by atoms with Crippen LogP contribution in [0.5, 0.6) is 5.75 Å². The van der Waals surface area contributed by atoms with E-state index in [9.17, 15) is 13.2 Å². The maximum Gasteiger partial charge on any atom is 0.338 e. The van der Waals surface area contributed by atoms with Crippen LogP contribution in [0.2, 0.25) is 0 Å². The molecule has 1 N–H and O–H groups in total. The van der Waals surface area contributed by atoms with Crippen LogP contribution in [0.3, 0.4) is 0 Å². The molecular weight excluding hydrogens is 430 g/mol. The summed E-state index contributed by atoms with van der Waals surface area (Å²) >= 11 is 0. The number of fused-ring (bicyclic) bond motifs is 1. The first-order valence-corrected chi connectivity index (χ1v) is 11.2. The minimum Gasteiger partial charge on any atom is -0.495 e. The molecule has 0 fully saturated rings. The van der Waals surface area contributed by atoms with Crippen molar-refractivity contribution < 1.29 is 22.7 Å². The Labute approximate surface area is 185 Å². The molecule has 164 valence electrons. The Morgan fingerprint density at radius 3 is 2.59 bits per heavy atom. The van der Waals surface area contributed by atoms with E-state index in [2.05, 4.69) is 9.71 Å². The Hall–Kier alpha value is -3.85. The zero-order chi connectivity index (χ0) is 22.7. The number of sulfonamides is 1. The molecule has 0 radical (unpaired) electrons. The molecule has 8 nitrogen and oxygen atoms in total. The number of nitrogens with one attached hydrogen (secondary N) is 1. The van der Waals surface area contributed by atoms with Crippen molar-refractivity contribution in [1.82, 2.24) is 9.38 Å². The van der Waals surface area contributed by atoms with Gasteiger partial charge in [0.1, 0.15) is 22.9 Å². The quantitative estimate of drug-likeness (QED) is 0.429. The van der Waals surface area contributed by atoms with Gasteiger partial charge in [0.2, 0.25) is 0 Å². The van der Waals surface area contributed by atoms with Crippen molar-refractivity contribution >= 4 is 27.3 Å². The number of aryl methyl sites for hydroxylation is 1. The monoisotopic (exact) mass is 451 g/mol. The zero-order valence-electron chi connectivity index (χ0n) is 17.5. The maximum absolute atomic E-state index is 13.0. The van der Waals surface area contributed by atoms with Crippen molar-refractivity contribution in [2.24, 2.45) is 0 Å². The van der Waals surface area contributed by atoms with Gasteiger partial charge in [0, 0.05) is 18.1 Å². The number of methoxy groups -OCH3 is 1. The molecule has 0 saturated carbocycles. The van der Waals surface area contributed by atoms with Gasteiger partial charge < -0.3 is 13.9 Å². The molecule has 9 heteroatoms. The molecule has 2 aromatic heterocycles. The SMILES string of the molecule is COc1ccc(C(=O)OCc2cn3ccccc3n2)cc1S(=O)(=O)Nc1ccc(C)cc1. The molecule has 4 aromatic rings. The Morgan fingerprint density at radius 1 is 1.09 bits per heavy atom. The van der Waals surface area contributed by atoms with Crippen molar-refractivity contribution in [2.45, 2.75) is 18.4 Å². The number of anilines is 1. The number of nitrogens with zero attached hydrogens (tertiary/aromatic N) is 2. The lowest BCUT2D eigenvalue weighted by Crippen LogP contribution is -2.15. The lowest BCUT2D eigenvalue weighted by atomic mass is 10.2. The van der Waals surface area contributed by atoms with Gasteiger partial charge in [-0.05, 0) is 49.4 Å². The van der Waals surface area contributed by atoms with E-state index in [1.165, 1.54) is 25.3 Å². The molecule has 0 saturated heterocycles. The number of carbonyl (C=O) groups is 1. The molecule has 32 heavy (non-hydrogen) atoms. The van der Waals surface area contributed by atoms with Crippen molar-refractivity contribution in [2.75, 3.05) is 11.8 Å². The number of imidazole rings is 1. The number of aromatic nitrogens is 2. The molecule has 2 aromatic carbocycles. The summed E-state index contributed by atoms with van der Waals surface area (Å²) in [5.74, 6) is -0.557. The van der Waals surface area contributed by atoms with E-state index in [0.29, 0.717) is 11.4 Å². The number of hydrogen-bond donors (Lipinski definition) is 1. The number of hydrogen-bond acceptors (Lipinski definition) is 6. The number of pyridine rings is 1. The van der Waals surface area contributed by atoms with E-state index in [1.807, 2.05) is 35.7 Å². The summed E-state index contributed by atoms with van der Waals surface area (Å²) in [5.41, 5.74) is 2.79. The third kappa shape index (κ3) is 4.57. The summed E-state index contributed by atoms with van der Waals surface area (Å²) in [6.07, 6.45) is 3.60. The summed E-state index contributed by atoms with van der Waals surface area (Å²) in [6, 6.07) is 16.6. The summed E-state index contributed by atoms with van der Waals surface area (Å²) in [7, 11) is -2.65. The Kier molecular flexibility index (Phi) is 5.83. The topological polar surface area (TPSA) is 99.0 Å². The molecular formula is C23H21N3O5S. The minimum atomic E-state index is -4.01. The first kappa shape index (κ1) is 21.4. The van der Waals surface area contributed by atoms with Crippen LogP contribution in [0.1, 0.15) is 21.6 Å². The van der Waals surface area contributed by atoms with E-state index < -0.39 is 16.0 Å². The van der Waals surface area contributed by atoms with Crippen molar-refractivity contribution in [1.29, 1.82) is 0 Å². The highest BCUT2D eigenvalue weighted by Gasteiger charge is 2.22. The molecule has 2 heterocycles. The Bertz CT molecular complexity index is 1350. The number of esters is 1. The normalized spacial score (nSPS) is 11.3. The summed E-state index contributed by atoms with van der Waals surface area (Å²) in [6.45, 7) is 1.86. The molecule has 0 amide bonds. The number of carbonyl (C=O) groups excluding carboxylic acids is 1. The molecule has 0 atom stereocenters. The van der Waals surface area contributed by atoms with Gasteiger partial charge in [0.05, 0.1) is 18.4 Å². The highest BCUT2D eigenvalue weighted by Crippen LogP contribution is 2.27. The fraction of sp³-hybridized carbons (Fsp3) is 0.130. The summed E-state index contributed by atoms with van der Waals surface area (Å²) < 4.78 is 40.8. The van der Waals surface area contributed by atoms with Crippen LogP contribution in [-0.4, -0.2) is 30.9 Å². The molecule has 0 bridgehead atoms. The van der Waals surface area contributed by atoms with Gasteiger partial charge >= 0.3 is 5.97 Å². The van der Waals surface area contributed by atoms with Gasteiger partial charge in [-0.1, -0.05) is 23.8 Å². The molecule has 4 rings (SSSR count). The number of rotatable bonds is 7. The standard InChI is InChI=1S/C23H21N3O5S/c1-16-6-9-18(10-7-16)25-32(28,29)21-13-17(8-11-20(21)30-2)23(27)31-15-19-14-26-12-4-3-5-22(26)24-19/h3-14,25H,15H2,1-2H3. The second kappa shape index (κ2) is 8.72. The molecule has 0 spiro atoms. The van der Waals surface area contributed by atoms with Gasteiger partial charge in [-0.25, -0.2) is 18.2 Å². The van der Waals surface area contributed by atoms with Crippen LogP contribution in [0, 0.1) is 6.92 Å². The van der Waals surface area contributed by atoms with Gasteiger partial charge in [-0.15, -0.1) is 0 Å². The summed E-state index contributed by atoms with van der Waals surface area (Å²) in [5, 5.41) is 0. The van der Waals surface area contributed by atoms with E-state index >= 15 is 0 Å². The van der Waals surface area contributed by atoms with Gasteiger partial charge in [0.25, 0.3) is 10.0 Å². The smallest absolute Gasteiger partial charge is 0.338 e. The third-order valence-electron chi connectivity index (χ3n) is 4.76. The van der Waals surface area contributed by atoms with E-state index in [0.717, 1.165) is 11.2 Å². The first-order valence-electron chi connectivity index (χ1n) is 9.73. The maximum atomic E-state index is 13.0. The van der Waals surface area contributed by atoms with Crippen LogP contribution in [0.25, 0.3) is 5.65 Å². The molecule has 0 aliphatic carbocycles. The van der Waals surface area contributed by atoms with Gasteiger partial charge in [0.15, 0.2) is 0 Å². The van der Waals surface area contributed by atoms with E-state index in [-0.39, 0.29) is 22.8 Å². The minimum absolute atomic E-state index is 0.0454. The van der Waals surface area contributed by atoms with Crippen LogP contribution in [0.15, 0.2) is 78.0 Å². The summed E-state index contributed by atoms with van der Waals surface area (Å²) in [4.78, 5) is 16.8. The number of ether oxygens (including phenoxy) is 2. The second-order valence-electron chi connectivity index (χ2n) is 7.11. The average molecular weight is 452 g/mol. The highest BCUT2D eigenvalue weighted by molar-refractivity contribution is 7.92. The fourth-order valence-electron chi connectivity index (χ4n) is 3.12. The third-order valence-corrected chi connectivity index (χ3v) is 6.16. The highest BCUT2D eigenvalue weighted by atomic mass is 32.2. The largest absolute Gasteiger partial charge is 0.495 e. The van der Waals surface area contributed by atoms with Crippen molar-refractivity contribution in [3.8, 4) is 5.75 Å². The van der Waals surface area contributed by atoms with E-state index in [4.69, 9.17) is 9.47 Å². The van der Waals surface area contributed by atoms with Crippen molar-refractivity contribution in [3.63, 3.8) is 0 Å². The van der Waals surface area contributed by atoms with Crippen LogP contribution < -0.4 is 9.46 Å². The van der Waals surface area contributed by atoms with Crippen molar-refractivity contribution in [3.05, 3.63) is 89.9 Å². The first-order chi connectivity index (χ1) is 15.4. The van der Waals surface area contributed by atoms with Gasteiger partial charge in [-0.2, -0.15) is 0 Å². The lowest BCUT2D eigenvalue weighted by Gasteiger charge is -2.13. The van der Waals surface area contributed by atoms with Crippen LogP contribution >= 0.6 is 0 Å². The van der Waals surface area contributed by atoms with Gasteiger partial charge in [-0.3, -0.25) is 4.72 Å². The Balaban J connectivity index is 1.54. The van der Waals surface area contributed by atoms with E-state index in [1.54, 1.807) is 30.5 Å². The zero-order valence-corrected chi connectivity index (χ0v) is 18.3. The predicted molar refractivity (Wildman–Crippen MR) is 119 cm³/mol. The molecule has 0 aliphatic heterocycles. The number of benzene rings is 2. The predicted octanol–water partition coefficient (Wildman–Crippen LogP) is 3.81. The van der Waals surface area contributed by atoms with Crippen LogP contribution in [-0.2, 0) is 21.4 Å². The fourth-order valence-corrected chi connectivity index (χ4v) is 4.38. The molecule has 0 aliphatic rings. The second-order valence-corrected chi connectivity index (χ2v) is 8.76. The lowest BCUT2D eigenvalue weighted by molar-refractivity contribution is 0.0468. The molecule has 0 unspecified atom stereocenters. The Morgan fingerprint density at radius 2 is 1.88 bits per heavy atom.